The van der Waals surface area contributed by atoms with Crippen molar-refractivity contribution in [1.29, 1.82) is 0 Å². The minimum absolute atomic E-state index is 0.0390. The zero-order valence-corrected chi connectivity index (χ0v) is 12.6. The summed E-state index contributed by atoms with van der Waals surface area (Å²) < 4.78 is 44.2. The highest BCUT2D eigenvalue weighted by Gasteiger charge is 2.34. The van der Waals surface area contributed by atoms with E-state index in [0.29, 0.717) is 5.56 Å². The Morgan fingerprint density at radius 3 is 2.55 bits per heavy atom. The lowest BCUT2D eigenvalue weighted by atomic mass is 10.0. The Labute approximate surface area is 130 Å². The van der Waals surface area contributed by atoms with Crippen molar-refractivity contribution < 1.29 is 22.7 Å². The Morgan fingerprint density at radius 2 is 1.95 bits per heavy atom. The van der Waals surface area contributed by atoms with Gasteiger partial charge in [-0.25, -0.2) is 4.79 Å². The molecule has 1 aromatic carbocycles. The average molecular weight is 332 g/mol. The van der Waals surface area contributed by atoms with Crippen LogP contribution in [0.15, 0.2) is 24.3 Å². The Balaban J connectivity index is 2.61. The lowest BCUT2D eigenvalue weighted by Crippen LogP contribution is -2.08. The molecule has 1 N–H and O–H groups in total. The molecular weight excluding hydrogens is 319 g/mol. The van der Waals surface area contributed by atoms with Gasteiger partial charge in [0.1, 0.15) is 5.15 Å². The minimum Gasteiger partial charge on any atom is -0.462 e. The summed E-state index contributed by atoms with van der Waals surface area (Å²) in [7, 11) is 0. The van der Waals surface area contributed by atoms with Crippen molar-refractivity contribution in [2.24, 2.45) is 0 Å². The third kappa shape index (κ3) is 2.97. The maximum atomic E-state index is 13.1. The molecule has 0 bridgehead atoms. The molecule has 2 aromatic rings. The van der Waals surface area contributed by atoms with Gasteiger partial charge < -0.3 is 9.72 Å². The summed E-state index contributed by atoms with van der Waals surface area (Å²) in [5.74, 6) is -0.669. The van der Waals surface area contributed by atoms with Crippen molar-refractivity contribution in [2.45, 2.75) is 20.0 Å². The number of carbonyl (C=O) groups excluding carboxylic acids is 1. The molecule has 3 nitrogen and oxygen atoms in total. The fraction of sp³-hybridized carbons (Fsp3) is 0.267. The van der Waals surface area contributed by atoms with Gasteiger partial charge in [-0.3, -0.25) is 0 Å². The predicted octanol–water partition coefficient (Wildman–Crippen LogP) is 4.84. The number of alkyl halides is 3. The van der Waals surface area contributed by atoms with E-state index in [1.54, 1.807) is 6.92 Å². The van der Waals surface area contributed by atoms with E-state index >= 15 is 0 Å². The van der Waals surface area contributed by atoms with Crippen LogP contribution >= 0.6 is 11.6 Å². The lowest BCUT2D eigenvalue weighted by molar-refractivity contribution is -0.137. The number of H-pyrrole nitrogens is 1. The monoisotopic (exact) mass is 331 g/mol. The molecule has 0 radical (unpaired) electrons. The third-order valence-corrected chi connectivity index (χ3v) is 3.47. The molecule has 0 aliphatic rings. The number of benzene rings is 1. The summed E-state index contributed by atoms with van der Waals surface area (Å²) >= 11 is 5.96. The zero-order chi connectivity index (χ0) is 16.5. The minimum atomic E-state index is -4.51. The molecule has 0 amide bonds. The van der Waals surface area contributed by atoms with Gasteiger partial charge in [0.25, 0.3) is 0 Å². The van der Waals surface area contributed by atoms with E-state index in [0.717, 1.165) is 6.07 Å². The van der Waals surface area contributed by atoms with Gasteiger partial charge >= 0.3 is 12.1 Å². The van der Waals surface area contributed by atoms with E-state index < -0.39 is 17.7 Å². The van der Waals surface area contributed by atoms with Crippen molar-refractivity contribution in [2.75, 3.05) is 6.61 Å². The van der Waals surface area contributed by atoms with Crippen LogP contribution in [-0.2, 0) is 10.9 Å². The topological polar surface area (TPSA) is 42.1 Å². The van der Waals surface area contributed by atoms with Gasteiger partial charge in [0.15, 0.2) is 0 Å². The number of hydrogen-bond donors (Lipinski definition) is 1. The van der Waals surface area contributed by atoms with E-state index in [1.165, 1.54) is 25.1 Å². The second kappa shape index (κ2) is 6.04. The summed E-state index contributed by atoms with van der Waals surface area (Å²) in [6.45, 7) is 3.30. The SMILES string of the molecule is CCOC(=O)c1c(Cl)[nH]c(-c2ccccc2C(F)(F)F)c1C. The van der Waals surface area contributed by atoms with Crippen LogP contribution in [0.4, 0.5) is 13.2 Å². The van der Waals surface area contributed by atoms with Crippen LogP contribution in [0.2, 0.25) is 5.15 Å². The fourth-order valence-electron chi connectivity index (χ4n) is 2.22. The average Bonchev–Trinajstić information content (AvgIpc) is 2.73. The molecule has 0 aliphatic heterocycles. The largest absolute Gasteiger partial charge is 0.462 e. The predicted molar refractivity (Wildman–Crippen MR) is 76.9 cm³/mol. The van der Waals surface area contributed by atoms with Gasteiger partial charge in [-0.05, 0) is 25.5 Å². The molecule has 0 aliphatic carbocycles. The molecule has 0 fully saturated rings. The highest BCUT2D eigenvalue weighted by atomic mass is 35.5. The van der Waals surface area contributed by atoms with Crippen LogP contribution in [0.5, 0.6) is 0 Å². The standard InChI is InChI=1S/C15H13ClF3NO2/c1-3-22-14(21)11-8(2)12(20-13(11)16)9-6-4-5-7-10(9)15(17,18)19/h4-7,20H,3H2,1-2H3. The Morgan fingerprint density at radius 1 is 1.32 bits per heavy atom. The molecule has 1 heterocycles. The molecule has 0 spiro atoms. The van der Waals surface area contributed by atoms with Crippen LogP contribution in [0, 0.1) is 6.92 Å². The molecule has 0 saturated heterocycles. The first-order valence-corrected chi connectivity index (χ1v) is 6.87. The molecule has 118 valence electrons. The van der Waals surface area contributed by atoms with Crippen LogP contribution in [0.3, 0.4) is 0 Å². The molecule has 7 heteroatoms. The zero-order valence-electron chi connectivity index (χ0n) is 11.8. The van der Waals surface area contributed by atoms with Crippen LogP contribution in [-0.4, -0.2) is 17.6 Å². The van der Waals surface area contributed by atoms with Gasteiger partial charge in [0.05, 0.1) is 23.4 Å². The number of aromatic nitrogens is 1. The molecule has 0 unspecified atom stereocenters. The number of nitrogens with one attached hydrogen (secondary N) is 1. The first-order valence-electron chi connectivity index (χ1n) is 6.49. The number of rotatable bonds is 3. The first-order chi connectivity index (χ1) is 10.3. The van der Waals surface area contributed by atoms with E-state index in [4.69, 9.17) is 16.3 Å². The van der Waals surface area contributed by atoms with Gasteiger partial charge in [-0.1, -0.05) is 29.8 Å². The van der Waals surface area contributed by atoms with Crippen molar-refractivity contribution in [3.63, 3.8) is 0 Å². The summed E-state index contributed by atoms with van der Waals surface area (Å²) in [6, 6.07) is 5.10. The van der Waals surface area contributed by atoms with Crippen molar-refractivity contribution in [3.05, 3.63) is 46.1 Å². The highest BCUT2D eigenvalue weighted by Crippen LogP contribution is 2.39. The first kappa shape index (κ1) is 16.4. The number of carbonyl (C=O) groups is 1. The number of halogens is 4. The summed E-state index contributed by atoms with van der Waals surface area (Å²) in [5.41, 5.74) is -0.340. The quantitative estimate of drug-likeness (QED) is 0.818. The van der Waals surface area contributed by atoms with Gasteiger partial charge in [-0.2, -0.15) is 13.2 Å². The third-order valence-electron chi connectivity index (χ3n) is 3.19. The maximum absolute atomic E-state index is 13.1. The van der Waals surface area contributed by atoms with E-state index in [1.807, 2.05) is 0 Å². The number of aromatic amines is 1. The fourth-order valence-corrected chi connectivity index (χ4v) is 2.53. The molecule has 0 atom stereocenters. The van der Waals surface area contributed by atoms with Crippen LogP contribution in [0.25, 0.3) is 11.3 Å². The van der Waals surface area contributed by atoms with E-state index in [-0.39, 0.29) is 28.6 Å². The summed E-state index contributed by atoms with van der Waals surface area (Å²) in [6.07, 6.45) is -4.51. The van der Waals surface area contributed by atoms with Gasteiger partial charge in [-0.15, -0.1) is 0 Å². The van der Waals surface area contributed by atoms with E-state index in [2.05, 4.69) is 4.98 Å². The number of hydrogen-bond acceptors (Lipinski definition) is 2. The number of ether oxygens (including phenoxy) is 1. The highest BCUT2D eigenvalue weighted by molar-refractivity contribution is 6.33. The van der Waals surface area contributed by atoms with Crippen molar-refractivity contribution >= 4 is 17.6 Å². The molecular formula is C15H13ClF3NO2. The smallest absolute Gasteiger partial charge is 0.417 e. The molecule has 0 saturated carbocycles. The van der Waals surface area contributed by atoms with Gasteiger partial charge in [0.2, 0.25) is 0 Å². The normalized spacial score (nSPS) is 11.5. The second-order valence-corrected chi connectivity index (χ2v) is 4.96. The Kier molecular flexibility index (Phi) is 4.51. The van der Waals surface area contributed by atoms with E-state index in [9.17, 15) is 18.0 Å². The number of esters is 1. The van der Waals surface area contributed by atoms with Crippen molar-refractivity contribution in [1.82, 2.24) is 4.98 Å². The Hall–Kier alpha value is -1.95. The van der Waals surface area contributed by atoms with Crippen molar-refractivity contribution in [3.8, 4) is 11.3 Å². The summed E-state index contributed by atoms with van der Waals surface area (Å²) in [5, 5.41) is -0.0390. The molecule has 1 aromatic heterocycles. The van der Waals surface area contributed by atoms with Gasteiger partial charge in [0, 0.05) is 5.56 Å². The van der Waals surface area contributed by atoms with Crippen LogP contribution in [0.1, 0.15) is 28.4 Å². The Bertz CT molecular complexity index is 707. The van der Waals surface area contributed by atoms with Crippen LogP contribution < -0.4 is 0 Å². The second-order valence-electron chi connectivity index (χ2n) is 4.58. The lowest BCUT2D eigenvalue weighted by Gasteiger charge is -2.12. The molecule has 22 heavy (non-hydrogen) atoms. The summed E-state index contributed by atoms with van der Waals surface area (Å²) in [4.78, 5) is 14.5. The molecule has 2 rings (SSSR count). The maximum Gasteiger partial charge on any atom is 0.417 e.